The van der Waals surface area contributed by atoms with Crippen molar-refractivity contribution < 1.29 is 14.7 Å². The molecule has 1 aromatic carbocycles. The molecule has 0 saturated heterocycles. The molecule has 4 nitrogen and oxygen atoms in total. The van der Waals surface area contributed by atoms with E-state index in [-0.39, 0.29) is 13.0 Å². The second kappa shape index (κ2) is 7.36. The first-order valence-electron chi connectivity index (χ1n) is 5.82. The number of hydrogen-bond acceptors (Lipinski definition) is 2. The number of carbonyl (C=O) groups excluding carboxylic acids is 1. The molecule has 0 bridgehead atoms. The summed E-state index contributed by atoms with van der Waals surface area (Å²) in [5.41, 5.74) is 0.856. The maximum absolute atomic E-state index is 12.0. The van der Waals surface area contributed by atoms with Gasteiger partial charge in [-0.3, -0.25) is 9.69 Å². The highest BCUT2D eigenvalue weighted by Crippen LogP contribution is 2.16. The van der Waals surface area contributed by atoms with E-state index in [9.17, 15) is 9.59 Å². The van der Waals surface area contributed by atoms with Crippen LogP contribution in [0.1, 0.15) is 12.5 Å². The molecule has 0 saturated carbocycles. The van der Waals surface area contributed by atoms with Gasteiger partial charge in [0.1, 0.15) is 6.04 Å². The molecule has 104 valence electrons. The molecule has 1 N–H and O–H groups in total. The summed E-state index contributed by atoms with van der Waals surface area (Å²) in [6, 6.07) is 8.28. The lowest BCUT2D eigenvalue weighted by molar-refractivity contribution is -0.122. The average molecular weight is 304 g/mol. The van der Waals surface area contributed by atoms with Crippen LogP contribution in [0, 0.1) is 0 Å². The molecule has 0 aliphatic carbocycles. The number of amides is 1. The highest BCUT2D eigenvalue weighted by Gasteiger charge is 2.31. The van der Waals surface area contributed by atoms with Gasteiger partial charge in [0.05, 0.1) is 0 Å². The molecular formula is C13H15Cl2NO3. The summed E-state index contributed by atoms with van der Waals surface area (Å²) < 4.78 is 0. The maximum atomic E-state index is 12.0. The van der Waals surface area contributed by atoms with Gasteiger partial charge in [-0.25, -0.2) is 4.79 Å². The lowest BCUT2D eigenvalue weighted by Crippen LogP contribution is -2.47. The standard InChI is InChI=1S/C13H15Cl2NO3/c1-2-16(13(18)19)10(11(17)12(14)15)8-9-6-4-3-5-7-9/h3-7,10,12H,2,8H2,1H3,(H,18,19)/t10-/m0/s1. The Morgan fingerprint density at radius 1 is 1.26 bits per heavy atom. The fourth-order valence-electron chi connectivity index (χ4n) is 1.84. The van der Waals surface area contributed by atoms with Crippen molar-refractivity contribution in [3.8, 4) is 0 Å². The number of likely N-dealkylation sites (N-methyl/N-ethyl adjacent to an activating group) is 1. The first-order chi connectivity index (χ1) is 8.97. The van der Waals surface area contributed by atoms with Gasteiger partial charge in [0.15, 0.2) is 10.6 Å². The van der Waals surface area contributed by atoms with Crippen LogP contribution >= 0.6 is 23.2 Å². The van der Waals surface area contributed by atoms with Gasteiger partial charge in [0.2, 0.25) is 0 Å². The van der Waals surface area contributed by atoms with Crippen LogP contribution in [0.25, 0.3) is 0 Å². The highest BCUT2D eigenvalue weighted by molar-refractivity contribution is 6.54. The Bertz CT molecular complexity index is 437. The van der Waals surface area contributed by atoms with Crippen LogP contribution in [0.15, 0.2) is 30.3 Å². The number of rotatable bonds is 6. The maximum Gasteiger partial charge on any atom is 0.407 e. The quantitative estimate of drug-likeness (QED) is 0.822. The van der Waals surface area contributed by atoms with Gasteiger partial charge in [0.25, 0.3) is 0 Å². The molecule has 0 radical (unpaired) electrons. The van der Waals surface area contributed by atoms with Crippen molar-refractivity contribution in [2.24, 2.45) is 0 Å². The number of benzene rings is 1. The third-order valence-electron chi connectivity index (χ3n) is 2.78. The molecule has 1 atom stereocenters. The van der Waals surface area contributed by atoms with Gasteiger partial charge >= 0.3 is 6.09 Å². The monoisotopic (exact) mass is 303 g/mol. The molecular weight excluding hydrogens is 289 g/mol. The number of ketones is 1. The first kappa shape index (κ1) is 15.8. The SMILES string of the molecule is CCN(C(=O)O)[C@@H](Cc1ccccc1)C(=O)C(Cl)Cl. The van der Waals surface area contributed by atoms with Crippen LogP contribution < -0.4 is 0 Å². The van der Waals surface area contributed by atoms with E-state index in [2.05, 4.69) is 0 Å². The van der Waals surface area contributed by atoms with E-state index < -0.39 is 22.8 Å². The smallest absolute Gasteiger partial charge is 0.407 e. The second-order valence-electron chi connectivity index (χ2n) is 3.98. The number of nitrogens with zero attached hydrogens (tertiary/aromatic N) is 1. The van der Waals surface area contributed by atoms with E-state index >= 15 is 0 Å². The number of carbonyl (C=O) groups is 2. The lowest BCUT2D eigenvalue weighted by atomic mass is 10.0. The number of hydrogen-bond donors (Lipinski definition) is 1. The van der Waals surface area contributed by atoms with Crippen molar-refractivity contribution in [2.75, 3.05) is 6.54 Å². The average Bonchev–Trinajstić information content (AvgIpc) is 2.38. The Kier molecular flexibility index (Phi) is 6.12. The minimum absolute atomic E-state index is 0.194. The van der Waals surface area contributed by atoms with E-state index in [1.807, 2.05) is 30.3 Å². The molecule has 0 aromatic heterocycles. The Morgan fingerprint density at radius 2 is 1.84 bits per heavy atom. The van der Waals surface area contributed by atoms with Crippen molar-refractivity contribution in [2.45, 2.75) is 24.2 Å². The third kappa shape index (κ3) is 4.40. The summed E-state index contributed by atoms with van der Waals surface area (Å²) in [6.45, 7) is 1.86. The van der Waals surface area contributed by atoms with E-state index in [1.165, 1.54) is 0 Å². The summed E-state index contributed by atoms with van der Waals surface area (Å²) in [5.74, 6) is -0.503. The molecule has 1 rings (SSSR count). The summed E-state index contributed by atoms with van der Waals surface area (Å²) in [6.07, 6.45) is -0.902. The second-order valence-corrected chi connectivity index (χ2v) is 5.07. The van der Waals surface area contributed by atoms with Gasteiger partial charge in [-0.15, -0.1) is 0 Å². The van der Waals surface area contributed by atoms with Crippen molar-refractivity contribution in [3.05, 3.63) is 35.9 Å². The molecule has 0 heterocycles. The van der Waals surface area contributed by atoms with Gasteiger partial charge < -0.3 is 5.11 Å². The van der Waals surface area contributed by atoms with Crippen LogP contribution in [0.3, 0.4) is 0 Å². The zero-order valence-electron chi connectivity index (χ0n) is 10.4. The number of halogens is 2. The molecule has 1 amide bonds. The van der Waals surface area contributed by atoms with Gasteiger partial charge in [-0.1, -0.05) is 53.5 Å². The molecule has 1 aromatic rings. The number of alkyl halides is 2. The van der Waals surface area contributed by atoms with Crippen LogP contribution in [-0.2, 0) is 11.2 Å². The Hall–Kier alpha value is -1.26. The van der Waals surface area contributed by atoms with Gasteiger partial charge in [-0.2, -0.15) is 0 Å². The fourth-order valence-corrected chi connectivity index (χ4v) is 2.13. The summed E-state index contributed by atoms with van der Waals surface area (Å²) >= 11 is 11.2. The van der Waals surface area contributed by atoms with Crippen LogP contribution in [0.2, 0.25) is 0 Å². The summed E-state index contributed by atoms with van der Waals surface area (Å²) in [4.78, 5) is 23.0. The number of Topliss-reactive ketones (excluding diaryl/α,β-unsaturated/α-hetero) is 1. The predicted octanol–water partition coefficient (Wildman–Crippen LogP) is 2.97. The predicted molar refractivity (Wildman–Crippen MR) is 74.8 cm³/mol. The first-order valence-corrected chi connectivity index (χ1v) is 6.70. The molecule has 0 aliphatic heterocycles. The van der Waals surface area contributed by atoms with Gasteiger partial charge in [0, 0.05) is 13.0 Å². The largest absolute Gasteiger partial charge is 0.465 e. The third-order valence-corrected chi connectivity index (χ3v) is 3.21. The fraction of sp³-hybridized carbons (Fsp3) is 0.385. The Morgan fingerprint density at radius 3 is 2.26 bits per heavy atom. The summed E-state index contributed by atoms with van der Waals surface area (Å²) in [7, 11) is 0. The van der Waals surface area contributed by atoms with E-state index in [0.29, 0.717) is 0 Å². The molecule has 19 heavy (non-hydrogen) atoms. The minimum atomic E-state index is -1.23. The van der Waals surface area contributed by atoms with Crippen LogP contribution in [0.5, 0.6) is 0 Å². The molecule has 0 spiro atoms. The number of carboxylic acid groups (broad SMARTS) is 1. The molecule has 0 fully saturated rings. The van der Waals surface area contributed by atoms with Crippen molar-refractivity contribution in [3.63, 3.8) is 0 Å². The van der Waals surface area contributed by atoms with E-state index in [0.717, 1.165) is 10.5 Å². The van der Waals surface area contributed by atoms with Crippen molar-refractivity contribution in [1.82, 2.24) is 4.90 Å². The Balaban J connectivity index is 2.98. The molecule has 0 unspecified atom stereocenters. The minimum Gasteiger partial charge on any atom is -0.465 e. The van der Waals surface area contributed by atoms with Crippen molar-refractivity contribution >= 4 is 35.1 Å². The van der Waals surface area contributed by atoms with Crippen molar-refractivity contribution in [1.29, 1.82) is 0 Å². The zero-order chi connectivity index (χ0) is 14.4. The molecule has 0 aliphatic rings. The summed E-state index contributed by atoms with van der Waals surface area (Å²) in [5, 5.41) is 9.14. The Labute approximate surface area is 121 Å². The highest BCUT2D eigenvalue weighted by atomic mass is 35.5. The topological polar surface area (TPSA) is 57.6 Å². The van der Waals surface area contributed by atoms with Gasteiger partial charge in [-0.05, 0) is 12.5 Å². The lowest BCUT2D eigenvalue weighted by Gasteiger charge is -2.27. The van der Waals surface area contributed by atoms with E-state index in [1.54, 1.807) is 6.92 Å². The van der Waals surface area contributed by atoms with Crippen LogP contribution in [0.4, 0.5) is 4.79 Å². The molecule has 6 heteroatoms. The normalized spacial score (nSPS) is 12.2. The zero-order valence-corrected chi connectivity index (χ0v) is 11.9. The van der Waals surface area contributed by atoms with Crippen LogP contribution in [-0.4, -0.2) is 39.3 Å². The van der Waals surface area contributed by atoms with E-state index in [4.69, 9.17) is 28.3 Å².